The fourth-order valence-electron chi connectivity index (χ4n) is 0.862. The molecule has 0 heterocycles. The van der Waals surface area contributed by atoms with Crippen LogP contribution in [0.5, 0.6) is 0 Å². The van der Waals surface area contributed by atoms with E-state index in [0.717, 1.165) is 12.2 Å². The van der Waals surface area contributed by atoms with E-state index in [-0.39, 0.29) is 0 Å². The lowest BCUT2D eigenvalue weighted by molar-refractivity contribution is 0.306. The molecule has 0 aromatic rings. The summed E-state index contributed by atoms with van der Waals surface area (Å²) in [5.41, 5.74) is 1.29. The molecule has 68 valence electrons. The Hall–Kier alpha value is -0.980. The maximum Gasteiger partial charge on any atom is 0.115 e. The van der Waals surface area contributed by atoms with Gasteiger partial charge in [-0.3, -0.25) is 0 Å². The van der Waals surface area contributed by atoms with E-state index < -0.39 is 0 Å². The molecule has 1 heteroatoms. The molecule has 1 rings (SSSR count). The molecule has 0 amide bonds. The van der Waals surface area contributed by atoms with Crippen molar-refractivity contribution in [2.75, 3.05) is 7.11 Å². The third kappa shape index (κ3) is 4.02. The number of ether oxygens (including phenoxy) is 1. The molecule has 12 heavy (non-hydrogen) atoms. The summed E-state index contributed by atoms with van der Waals surface area (Å²) in [6.45, 7) is 6.09. The van der Waals surface area contributed by atoms with Crippen molar-refractivity contribution in [1.82, 2.24) is 0 Å². The van der Waals surface area contributed by atoms with Gasteiger partial charge in [-0.05, 0) is 25.5 Å². The number of methoxy groups -OCH3 is 1. The van der Waals surface area contributed by atoms with Crippen molar-refractivity contribution in [2.45, 2.75) is 27.2 Å². The van der Waals surface area contributed by atoms with Crippen molar-refractivity contribution in [2.24, 2.45) is 0 Å². The zero-order valence-corrected chi connectivity index (χ0v) is 8.42. The molecule has 0 N–H and O–H groups in total. The van der Waals surface area contributed by atoms with Crippen molar-refractivity contribution in [3.8, 4) is 0 Å². The van der Waals surface area contributed by atoms with E-state index in [1.807, 2.05) is 19.9 Å². The van der Waals surface area contributed by atoms with Crippen molar-refractivity contribution in [3.63, 3.8) is 0 Å². The second kappa shape index (κ2) is 6.71. The fourth-order valence-corrected chi connectivity index (χ4v) is 0.862. The number of hydrogen-bond acceptors (Lipinski definition) is 1. The number of allylic oxidation sites excluding steroid dienone is 5. The normalized spacial score (nSPS) is 15.0. The highest BCUT2D eigenvalue weighted by Crippen LogP contribution is 2.09. The van der Waals surface area contributed by atoms with Crippen LogP contribution in [0.15, 0.2) is 35.6 Å². The van der Waals surface area contributed by atoms with Crippen molar-refractivity contribution >= 4 is 0 Å². The predicted octanol–water partition coefficient (Wildman–Crippen LogP) is 3.45. The molecule has 0 aliphatic heterocycles. The van der Waals surface area contributed by atoms with Gasteiger partial charge >= 0.3 is 0 Å². The summed E-state index contributed by atoms with van der Waals surface area (Å²) < 4.78 is 5.06. The molecule has 0 aromatic heterocycles. The summed E-state index contributed by atoms with van der Waals surface area (Å²) in [5, 5.41) is 0. The monoisotopic (exact) mass is 166 g/mol. The quantitative estimate of drug-likeness (QED) is 0.579. The van der Waals surface area contributed by atoms with Gasteiger partial charge in [0.2, 0.25) is 0 Å². The molecule has 0 radical (unpaired) electrons. The largest absolute Gasteiger partial charge is 0.497 e. The molecule has 0 saturated carbocycles. The summed E-state index contributed by atoms with van der Waals surface area (Å²) in [6, 6.07) is 0. The molecule has 0 saturated heterocycles. The van der Waals surface area contributed by atoms with Crippen molar-refractivity contribution < 1.29 is 4.74 Å². The zero-order chi connectivity index (χ0) is 9.40. The average Bonchev–Trinajstić information content (AvgIpc) is 2.33. The van der Waals surface area contributed by atoms with Crippen molar-refractivity contribution in [3.05, 3.63) is 35.6 Å². The summed E-state index contributed by atoms with van der Waals surface area (Å²) in [5.74, 6) is 0.952. The fraction of sp³-hybridized carbons (Fsp3) is 0.455. The van der Waals surface area contributed by atoms with Crippen LogP contribution in [0.25, 0.3) is 0 Å². The minimum atomic E-state index is 0.952. The Morgan fingerprint density at radius 1 is 1.17 bits per heavy atom. The van der Waals surface area contributed by atoms with E-state index >= 15 is 0 Å². The first-order chi connectivity index (χ1) is 5.83. The first-order valence-corrected chi connectivity index (χ1v) is 4.42. The van der Waals surface area contributed by atoms with Gasteiger partial charge in [0.15, 0.2) is 0 Å². The van der Waals surface area contributed by atoms with Crippen LogP contribution in [0.2, 0.25) is 0 Å². The van der Waals surface area contributed by atoms with Gasteiger partial charge in [0.25, 0.3) is 0 Å². The first-order valence-electron chi connectivity index (χ1n) is 4.42. The third-order valence-electron chi connectivity index (χ3n) is 1.51. The average molecular weight is 166 g/mol. The maximum absolute atomic E-state index is 5.06. The zero-order valence-electron chi connectivity index (χ0n) is 8.42. The molecule has 0 spiro atoms. The maximum atomic E-state index is 5.06. The Labute approximate surface area is 75.4 Å². The highest BCUT2D eigenvalue weighted by molar-refractivity contribution is 5.27. The molecule has 0 aromatic carbocycles. The number of hydrogen-bond donors (Lipinski definition) is 0. The summed E-state index contributed by atoms with van der Waals surface area (Å²) in [4.78, 5) is 0. The summed E-state index contributed by atoms with van der Waals surface area (Å²) in [7, 11) is 1.69. The Bertz CT molecular complexity index is 197. The minimum Gasteiger partial charge on any atom is -0.497 e. The van der Waals surface area contributed by atoms with Crippen LogP contribution in [-0.4, -0.2) is 7.11 Å². The molecular formula is C11H18O. The van der Waals surface area contributed by atoms with Gasteiger partial charge in [0.1, 0.15) is 5.76 Å². The van der Waals surface area contributed by atoms with Gasteiger partial charge in [-0.2, -0.15) is 0 Å². The van der Waals surface area contributed by atoms with E-state index in [1.54, 1.807) is 7.11 Å². The molecule has 0 bridgehead atoms. The Kier molecular flexibility index (Phi) is 6.16. The van der Waals surface area contributed by atoms with Crippen LogP contribution in [0.3, 0.4) is 0 Å². The van der Waals surface area contributed by atoms with Crippen molar-refractivity contribution in [1.29, 1.82) is 0 Å². The topological polar surface area (TPSA) is 9.23 Å². The molecule has 0 fully saturated rings. The molecular weight excluding hydrogens is 148 g/mol. The third-order valence-corrected chi connectivity index (χ3v) is 1.51. The second-order valence-electron chi connectivity index (χ2n) is 2.33. The van der Waals surface area contributed by atoms with Gasteiger partial charge < -0.3 is 4.74 Å². The second-order valence-corrected chi connectivity index (χ2v) is 2.33. The Balaban J connectivity index is 0.000000561. The first kappa shape index (κ1) is 11.0. The Morgan fingerprint density at radius 3 is 2.42 bits per heavy atom. The van der Waals surface area contributed by atoms with Crippen LogP contribution in [0.4, 0.5) is 0 Å². The number of rotatable bonds is 1. The van der Waals surface area contributed by atoms with Gasteiger partial charge in [-0.25, -0.2) is 0 Å². The van der Waals surface area contributed by atoms with E-state index in [4.69, 9.17) is 4.74 Å². The van der Waals surface area contributed by atoms with E-state index in [9.17, 15) is 0 Å². The van der Waals surface area contributed by atoms with E-state index in [0.29, 0.717) is 0 Å². The van der Waals surface area contributed by atoms with E-state index in [1.165, 1.54) is 5.57 Å². The molecule has 1 nitrogen and oxygen atoms in total. The highest BCUT2D eigenvalue weighted by atomic mass is 16.5. The Morgan fingerprint density at radius 2 is 1.83 bits per heavy atom. The van der Waals surface area contributed by atoms with Crippen LogP contribution in [-0.2, 0) is 4.74 Å². The lowest BCUT2D eigenvalue weighted by atomic mass is 10.2. The van der Waals surface area contributed by atoms with Crippen LogP contribution in [0.1, 0.15) is 27.2 Å². The molecule has 1 aliphatic carbocycles. The smallest absolute Gasteiger partial charge is 0.115 e. The van der Waals surface area contributed by atoms with Crippen LogP contribution in [0, 0.1) is 0 Å². The lowest BCUT2D eigenvalue weighted by Crippen LogP contribution is -1.78. The lowest BCUT2D eigenvalue weighted by Gasteiger charge is -1.95. The predicted molar refractivity (Wildman–Crippen MR) is 54.0 cm³/mol. The van der Waals surface area contributed by atoms with Crippen LogP contribution >= 0.6 is 0 Å². The molecule has 1 aliphatic rings. The van der Waals surface area contributed by atoms with Crippen LogP contribution < -0.4 is 0 Å². The van der Waals surface area contributed by atoms with Gasteiger partial charge in [-0.15, -0.1) is 0 Å². The van der Waals surface area contributed by atoms with Gasteiger partial charge in [0.05, 0.1) is 7.11 Å². The van der Waals surface area contributed by atoms with Gasteiger partial charge in [0, 0.05) is 0 Å². The highest BCUT2D eigenvalue weighted by Gasteiger charge is 1.92. The SMILES string of the molecule is CC.COC1=CCC=C(C)C=C1. The summed E-state index contributed by atoms with van der Waals surface area (Å²) >= 11 is 0. The standard InChI is InChI=1S/C9H12O.C2H6/c1-8-4-3-5-9(10-2)7-6-8;1-2/h4-7H,3H2,1-2H3;1-2H3. The minimum absolute atomic E-state index is 0.952. The molecule has 0 atom stereocenters. The van der Waals surface area contributed by atoms with E-state index in [2.05, 4.69) is 25.2 Å². The molecule has 0 unspecified atom stereocenters. The van der Waals surface area contributed by atoms with Gasteiger partial charge in [-0.1, -0.05) is 31.6 Å². The summed E-state index contributed by atoms with van der Waals surface area (Å²) in [6.07, 6.45) is 9.25.